The summed E-state index contributed by atoms with van der Waals surface area (Å²) in [7, 11) is -0.610. The van der Waals surface area contributed by atoms with Gasteiger partial charge in [-0.2, -0.15) is 0 Å². The molecule has 1 aliphatic heterocycles. The number of nitrogens with one attached hydrogen (secondary N) is 1. The smallest absolute Gasteiger partial charge is 0.326 e. The van der Waals surface area contributed by atoms with E-state index in [1.54, 1.807) is 37.4 Å². The standard InChI is InChI=1S/C29H32N2O6S/c1-31-18-16-29(17-19-31,38(35,36)23-8-4-3-5-9-23)28(34)30-25(27(32)33)20-21-12-14-22(15-13-21)24-10-6-7-11-26(24)37-2/h3-15,25H,16-20H2,1-2H3,(H,30,34)(H,32,33)/t25-/m0/s1. The second-order valence-electron chi connectivity index (χ2n) is 9.58. The number of carbonyl (C=O) groups is 2. The molecule has 3 aromatic rings. The third-order valence-electron chi connectivity index (χ3n) is 7.19. The number of carboxylic acid groups (broad SMARTS) is 1. The van der Waals surface area contributed by atoms with Gasteiger partial charge in [0, 0.05) is 12.0 Å². The molecule has 0 radical (unpaired) electrons. The van der Waals surface area contributed by atoms with Crippen LogP contribution in [0.25, 0.3) is 11.1 Å². The Labute approximate surface area is 223 Å². The van der Waals surface area contributed by atoms with E-state index in [1.807, 2.05) is 48.3 Å². The van der Waals surface area contributed by atoms with Gasteiger partial charge < -0.3 is 20.1 Å². The minimum Gasteiger partial charge on any atom is -0.496 e. The van der Waals surface area contributed by atoms with Crippen molar-refractivity contribution in [1.82, 2.24) is 10.2 Å². The largest absolute Gasteiger partial charge is 0.496 e. The Kier molecular flexibility index (Phi) is 8.18. The van der Waals surface area contributed by atoms with Gasteiger partial charge in [0.05, 0.1) is 12.0 Å². The van der Waals surface area contributed by atoms with E-state index in [-0.39, 0.29) is 24.2 Å². The zero-order valence-electron chi connectivity index (χ0n) is 21.5. The topological polar surface area (TPSA) is 113 Å². The average Bonchev–Trinajstić information content (AvgIpc) is 2.93. The molecular weight excluding hydrogens is 504 g/mol. The minimum absolute atomic E-state index is 0.00858. The minimum atomic E-state index is -4.08. The van der Waals surface area contributed by atoms with Gasteiger partial charge in [0.15, 0.2) is 14.6 Å². The number of piperidine rings is 1. The molecule has 4 rings (SSSR count). The molecule has 0 saturated carbocycles. The number of carbonyl (C=O) groups excluding carboxylic acids is 1. The summed E-state index contributed by atoms with van der Waals surface area (Å²) in [4.78, 5) is 27.9. The van der Waals surface area contributed by atoms with Crippen LogP contribution in [0.3, 0.4) is 0 Å². The number of methoxy groups -OCH3 is 1. The van der Waals surface area contributed by atoms with E-state index in [9.17, 15) is 23.1 Å². The van der Waals surface area contributed by atoms with Crippen molar-refractivity contribution in [3.63, 3.8) is 0 Å². The van der Waals surface area contributed by atoms with Crippen molar-refractivity contribution in [3.8, 4) is 16.9 Å². The maximum absolute atomic E-state index is 13.8. The van der Waals surface area contributed by atoms with Crippen LogP contribution in [-0.4, -0.2) is 68.3 Å². The van der Waals surface area contributed by atoms with Gasteiger partial charge in [-0.3, -0.25) is 4.79 Å². The Morgan fingerprint density at radius 1 is 0.974 bits per heavy atom. The fourth-order valence-corrected chi connectivity index (χ4v) is 6.84. The highest BCUT2D eigenvalue weighted by Gasteiger charge is 2.53. The van der Waals surface area contributed by atoms with Gasteiger partial charge in [0.1, 0.15) is 11.8 Å². The van der Waals surface area contributed by atoms with E-state index < -0.39 is 32.5 Å². The number of sulfone groups is 1. The summed E-state index contributed by atoms with van der Waals surface area (Å²) in [5.74, 6) is -1.28. The lowest BCUT2D eigenvalue weighted by atomic mass is 9.94. The third kappa shape index (κ3) is 5.44. The van der Waals surface area contributed by atoms with E-state index >= 15 is 0 Å². The second-order valence-corrected chi connectivity index (χ2v) is 11.8. The molecule has 1 atom stereocenters. The van der Waals surface area contributed by atoms with Gasteiger partial charge in [-0.25, -0.2) is 13.2 Å². The maximum Gasteiger partial charge on any atom is 0.326 e. The Morgan fingerprint density at radius 3 is 2.18 bits per heavy atom. The molecule has 0 aromatic heterocycles. The van der Waals surface area contributed by atoms with E-state index in [0.717, 1.165) is 16.9 Å². The van der Waals surface area contributed by atoms with Crippen molar-refractivity contribution in [2.24, 2.45) is 0 Å². The summed E-state index contributed by atoms with van der Waals surface area (Å²) in [5, 5.41) is 12.5. The molecule has 2 N–H and O–H groups in total. The van der Waals surface area contributed by atoms with Crippen LogP contribution in [0.1, 0.15) is 18.4 Å². The Bertz CT molecular complexity index is 1380. The molecule has 1 amide bonds. The highest BCUT2D eigenvalue weighted by Crippen LogP contribution is 2.36. The Morgan fingerprint density at radius 2 is 1.58 bits per heavy atom. The van der Waals surface area contributed by atoms with Crippen molar-refractivity contribution in [2.75, 3.05) is 27.2 Å². The number of aliphatic carboxylic acids is 1. The van der Waals surface area contributed by atoms with Gasteiger partial charge >= 0.3 is 5.97 Å². The summed E-state index contributed by atoms with van der Waals surface area (Å²) < 4.78 is 31.2. The monoisotopic (exact) mass is 536 g/mol. The molecule has 8 nitrogen and oxygen atoms in total. The lowest BCUT2D eigenvalue weighted by molar-refractivity contribution is -0.142. The van der Waals surface area contributed by atoms with E-state index in [0.29, 0.717) is 18.7 Å². The number of nitrogens with zero attached hydrogens (tertiary/aromatic N) is 1. The summed E-state index contributed by atoms with van der Waals surface area (Å²) in [6, 6.07) is 21.5. The zero-order valence-corrected chi connectivity index (χ0v) is 22.3. The van der Waals surface area contributed by atoms with E-state index in [1.165, 1.54) is 12.1 Å². The molecule has 1 saturated heterocycles. The number of amides is 1. The van der Waals surface area contributed by atoms with Crippen LogP contribution in [-0.2, 0) is 25.8 Å². The number of hydrogen-bond acceptors (Lipinski definition) is 6. The molecule has 0 aliphatic carbocycles. The number of benzene rings is 3. The van der Waals surface area contributed by atoms with Gasteiger partial charge in [-0.05, 0) is 62.3 Å². The van der Waals surface area contributed by atoms with Crippen LogP contribution in [0.5, 0.6) is 5.75 Å². The van der Waals surface area contributed by atoms with Gasteiger partial charge in [0.2, 0.25) is 5.91 Å². The van der Waals surface area contributed by atoms with Crippen molar-refractivity contribution in [1.29, 1.82) is 0 Å². The number of ether oxygens (including phenoxy) is 1. The number of hydrogen-bond donors (Lipinski definition) is 2. The van der Waals surface area contributed by atoms with Crippen molar-refractivity contribution in [3.05, 3.63) is 84.4 Å². The first kappa shape index (κ1) is 27.3. The number of rotatable bonds is 9. The summed E-state index contributed by atoms with van der Waals surface area (Å²) in [5.41, 5.74) is 2.50. The quantitative estimate of drug-likeness (QED) is 0.431. The van der Waals surface area contributed by atoms with Crippen LogP contribution in [0.4, 0.5) is 0 Å². The van der Waals surface area contributed by atoms with Crippen molar-refractivity contribution < 1.29 is 27.9 Å². The predicted molar refractivity (Wildman–Crippen MR) is 145 cm³/mol. The lowest BCUT2D eigenvalue weighted by Gasteiger charge is -2.39. The molecule has 3 aromatic carbocycles. The zero-order chi connectivity index (χ0) is 27.3. The Hall–Kier alpha value is -3.69. The van der Waals surface area contributed by atoms with Gasteiger partial charge in [0.25, 0.3) is 0 Å². The van der Waals surface area contributed by atoms with Crippen LogP contribution >= 0.6 is 0 Å². The fraction of sp³-hybridized carbons (Fsp3) is 0.310. The predicted octanol–water partition coefficient (Wildman–Crippen LogP) is 3.41. The normalized spacial score (nSPS) is 16.4. The molecule has 0 bridgehead atoms. The molecule has 9 heteroatoms. The molecular formula is C29H32N2O6S. The van der Waals surface area contributed by atoms with Crippen molar-refractivity contribution >= 4 is 21.7 Å². The molecule has 1 fully saturated rings. The number of likely N-dealkylation sites (tertiary alicyclic amines) is 1. The van der Waals surface area contributed by atoms with Crippen molar-refractivity contribution in [2.45, 2.75) is 34.9 Å². The summed E-state index contributed by atoms with van der Waals surface area (Å²) in [6.07, 6.45) is 0.160. The molecule has 200 valence electrons. The number of para-hydroxylation sites is 1. The lowest BCUT2D eigenvalue weighted by Crippen LogP contribution is -2.60. The number of carboxylic acids is 1. The van der Waals surface area contributed by atoms with Crippen LogP contribution in [0.2, 0.25) is 0 Å². The fourth-order valence-electron chi connectivity index (χ4n) is 4.85. The molecule has 0 spiro atoms. The summed E-state index contributed by atoms with van der Waals surface area (Å²) in [6.45, 7) is 0.809. The van der Waals surface area contributed by atoms with Gasteiger partial charge in [-0.1, -0.05) is 60.7 Å². The first-order chi connectivity index (χ1) is 18.2. The molecule has 1 aliphatic rings. The molecule has 1 heterocycles. The van der Waals surface area contributed by atoms with Crippen LogP contribution in [0, 0.1) is 0 Å². The van der Waals surface area contributed by atoms with Crippen LogP contribution < -0.4 is 10.1 Å². The first-order valence-electron chi connectivity index (χ1n) is 12.4. The third-order valence-corrected chi connectivity index (χ3v) is 9.71. The van der Waals surface area contributed by atoms with E-state index in [2.05, 4.69) is 5.32 Å². The summed E-state index contributed by atoms with van der Waals surface area (Å²) >= 11 is 0. The highest BCUT2D eigenvalue weighted by molar-refractivity contribution is 7.93. The SMILES string of the molecule is COc1ccccc1-c1ccc(C[C@H](NC(=O)C2(S(=O)(=O)c3ccccc3)CCN(C)CC2)C(=O)O)cc1. The van der Waals surface area contributed by atoms with Crippen LogP contribution in [0.15, 0.2) is 83.8 Å². The Balaban J connectivity index is 1.58. The molecule has 38 heavy (non-hydrogen) atoms. The molecule has 0 unspecified atom stereocenters. The van der Waals surface area contributed by atoms with E-state index in [4.69, 9.17) is 4.74 Å². The first-order valence-corrected chi connectivity index (χ1v) is 13.9. The second kappa shape index (κ2) is 11.4. The van der Waals surface area contributed by atoms with Gasteiger partial charge in [-0.15, -0.1) is 0 Å². The highest BCUT2D eigenvalue weighted by atomic mass is 32.2. The maximum atomic E-state index is 13.8. The average molecular weight is 537 g/mol.